The van der Waals surface area contributed by atoms with Crippen LogP contribution in [0.15, 0.2) is 28.0 Å². The smallest absolute Gasteiger partial charge is 0.336 e. The van der Waals surface area contributed by atoms with Crippen molar-refractivity contribution in [3.8, 4) is 11.6 Å². The number of halogens is 2. The van der Waals surface area contributed by atoms with Gasteiger partial charge in [0, 0.05) is 6.54 Å². The summed E-state index contributed by atoms with van der Waals surface area (Å²) in [6.45, 7) is 0.0262. The Morgan fingerprint density at radius 3 is 2.50 bits per heavy atom. The minimum atomic E-state index is -3.63. The van der Waals surface area contributed by atoms with Crippen molar-refractivity contribution < 1.29 is 13.5 Å². The van der Waals surface area contributed by atoms with Gasteiger partial charge in [-0.05, 0) is 18.2 Å². The second kappa shape index (κ2) is 4.28. The zero-order valence-electron chi connectivity index (χ0n) is 9.88. The van der Waals surface area contributed by atoms with E-state index in [9.17, 15) is 18.3 Å². The molecule has 0 aliphatic carbocycles. The Morgan fingerprint density at radius 1 is 1.20 bits per heavy atom. The van der Waals surface area contributed by atoms with E-state index >= 15 is 0 Å². The van der Waals surface area contributed by atoms with E-state index in [2.05, 4.69) is 0 Å². The molecule has 106 valence electrons. The predicted molar refractivity (Wildman–Crippen MR) is 73.8 cm³/mol. The van der Waals surface area contributed by atoms with Crippen molar-refractivity contribution in [2.45, 2.75) is 11.6 Å². The number of nitrogens with zero attached hydrogens (tertiary/aromatic N) is 2. The second-order valence-corrected chi connectivity index (χ2v) is 7.15. The molecule has 0 bridgehead atoms. The van der Waals surface area contributed by atoms with E-state index in [0.29, 0.717) is 5.02 Å². The lowest BCUT2D eigenvalue weighted by Gasteiger charge is -2.05. The van der Waals surface area contributed by atoms with Crippen LogP contribution in [0.5, 0.6) is 5.88 Å². The first-order chi connectivity index (χ1) is 9.33. The summed E-state index contributed by atoms with van der Waals surface area (Å²) in [6, 6.07) is 4.31. The van der Waals surface area contributed by atoms with E-state index in [1.54, 1.807) is 0 Å². The zero-order valence-corrected chi connectivity index (χ0v) is 12.2. The van der Waals surface area contributed by atoms with Gasteiger partial charge in [-0.2, -0.15) is 0 Å². The van der Waals surface area contributed by atoms with E-state index in [4.69, 9.17) is 23.2 Å². The average Bonchev–Trinajstić information content (AvgIpc) is 2.81. The molecule has 0 spiro atoms. The van der Waals surface area contributed by atoms with Crippen LogP contribution >= 0.6 is 23.2 Å². The number of hydrogen-bond donors (Lipinski definition) is 1. The molecule has 1 N–H and O–H groups in total. The maximum absolute atomic E-state index is 12.2. The maximum Gasteiger partial charge on any atom is 0.336 e. The van der Waals surface area contributed by atoms with Crippen molar-refractivity contribution in [2.75, 3.05) is 5.75 Å². The third-order valence-corrected chi connectivity index (χ3v) is 5.56. The first-order valence-corrected chi connectivity index (χ1v) is 7.96. The molecule has 1 aliphatic heterocycles. The Bertz CT molecular complexity index is 883. The molecule has 0 atom stereocenters. The average molecular weight is 335 g/mol. The zero-order chi connectivity index (χ0) is 14.7. The summed E-state index contributed by atoms with van der Waals surface area (Å²) in [7, 11) is -3.63. The number of fused-ring (bicyclic) bond motifs is 1. The van der Waals surface area contributed by atoms with Gasteiger partial charge in [-0.1, -0.05) is 23.2 Å². The molecule has 2 aromatic rings. The number of hydrogen-bond acceptors (Lipinski definition) is 4. The van der Waals surface area contributed by atoms with Gasteiger partial charge >= 0.3 is 5.69 Å². The molecule has 0 saturated carbocycles. The van der Waals surface area contributed by atoms with Crippen molar-refractivity contribution >= 4 is 33.0 Å². The van der Waals surface area contributed by atoms with Gasteiger partial charge in [0.2, 0.25) is 20.7 Å². The van der Waals surface area contributed by atoms with Crippen LogP contribution in [0.3, 0.4) is 0 Å². The van der Waals surface area contributed by atoms with Crippen LogP contribution in [0, 0.1) is 0 Å². The Balaban J connectivity index is 2.32. The lowest BCUT2D eigenvalue weighted by Crippen LogP contribution is -2.22. The molecule has 0 unspecified atom stereocenters. The molecule has 0 amide bonds. The van der Waals surface area contributed by atoms with Crippen molar-refractivity contribution in [1.29, 1.82) is 0 Å². The van der Waals surface area contributed by atoms with E-state index < -0.39 is 21.4 Å². The van der Waals surface area contributed by atoms with Crippen molar-refractivity contribution in [3.63, 3.8) is 0 Å². The summed E-state index contributed by atoms with van der Waals surface area (Å²) in [4.78, 5) is 12.2. The Morgan fingerprint density at radius 2 is 1.90 bits per heavy atom. The van der Waals surface area contributed by atoms with Gasteiger partial charge in [-0.3, -0.25) is 4.57 Å². The SMILES string of the molecule is O=c1n2c(c(O)n1-c1ccc(Cl)c(Cl)c1)S(=O)(=O)CC2. The Kier molecular flexibility index (Phi) is 2.89. The first kappa shape index (κ1) is 13.5. The highest BCUT2D eigenvalue weighted by molar-refractivity contribution is 7.91. The summed E-state index contributed by atoms with van der Waals surface area (Å²) in [5.41, 5.74) is -0.379. The van der Waals surface area contributed by atoms with Crippen LogP contribution in [-0.2, 0) is 16.4 Å². The highest BCUT2D eigenvalue weighted by Crippen LogP contribution is 2.31. The molecule has 1 aliphatic rings. The van der Waals surface area contributed by atoms with E-state index in [-0.39, 0.29) is 28.0 Å². The minimum Gasteiger partial charge on any atom is -0.492 e. The predicted octanol–water partition coefficient (Wildman–Crippen LogP) is 1.44. The summed E-state index contributed by atoms with van der Waals surface area (Å²) in [5, 5.41) is 10.2. The van der Waals surface area contributed by atoms with E-state index in [1.165, 1.54) is 18.2 Å². The fourth-order valence-electron chi connectivity index (χ4n) is 2.18. The second-order valence-electron chi connectivity index (χ2n) is 4.32. The molecule has 0 fully saturated rings. The molecule has 1 aromatic heterocycles. The number of aromatic nitrogens is 2. The molecule has 0 saturated heterocycles. The largest absolute Gasteiger partial charge is 0.492 e. The van der Waals surface area contributed by atoms with Crippen LogP contribution in [-0.4, -0.2) is 28.4 Å². The van der Waals surface area contributed by atoms with Crippen LogP contribution in [0.4, 0.5) is 0 Å². The Labute approximate surface area is 123 Å². The lowest BCUT2D eigenvalue weighted by molar-refractivity contribution is 0.424. The molecule has 1 aromatic carbocycles. The number of benzene rings is 1. The van der Waals surface area contributed by atoms with Crippen molar-refractivity contribution in [1.82, 2.24) is 9.13 Å². The van der Waals surface area contributed by atoms with Crippen LogP contribution in [0.25, 0.3) is 5.69 Å². The summed E-state index contributed by atoms with van der Waals surface area (Å²) < 4.78 is 25.6. The van der Waals surface area contributed by atoms with Gasteiger partial charge in [0.15, 0.2) is 0 Å². The maximum atomic E-state index is 12.2. The molecule has 20 heavy (non-hydrogen) atoms. The van der Waals surface area contributed by atoms with Crippen molar-refractivity contribution in [3.05, 3.63) is 38.7 Å². The molecule has 9 heteroatoms. The number of sulfone groups is 1. The quantitative estimate of drug-likeness (QED) is 0.855. The monoisotopic (exact) mass is 334 g/mol. The topological polar surface area (TPSA) is 81.3 Å². The molecule has 0 radical (unpaired) electrons. The molecule has 6 nitrogen and oxygen atoms in total. The summed E-state index contributed by atoms with van der Waals surface area (Å²) in [6.07, 6.45) is 0. The van der Waals surface area contributed by atoms with E-state index in [0.717, 1.165) is 9.13 Å². The minimum absolute atomic E-state index is 0.0262. The lowest BCUT2D eigenvalue weighted by atomic mass is 10.3. The third kappa shape index (κ3) is 1.77. The van der Waals surface area contributed by atoms with Crippen molar-refractivity contribution in [2.24, 2.45) is 0 Å². The van der Waals surface area contributed by atoms with Gasteiger partial charge in [0.25, 0.3) is 0 Å². The van der Waals surface area contributed by atoms with Gasteiger partial charge in [0.05, 0.1) is 21.5 Å². The highest BCUT2D eigenvalue weighted by atomic mass is 35.5. The first-order valence-electron chi connectivity index (χ1n) is 5.55. The number of imidazole rings is 1. The standard InChI is InChI=1S/C11H8Cl2N2O4S/c12-7-2-1-6(5-8(7)13)15-9(16)10-14(11(15)17)3-4-20(10,18)19/h1-2,5,16H,3-4H2. The normalized spacial score (nSPS) is 16.3. The van der Waals surface area contributed by atoms with Crippen LogP contribution < -0.4 is 5.69 Å². The van der Waals surface area contributed by atoms with E-state index in [1.807, 2.05) is 0 Å². The highest BCUT2D eigenvalue weighted by Gasteiger charge is 2.35. The Hall–Kier alpha value is -1.44. The molecular formula is C11H8Cl2N2O4S. The van der Waals surface area contributed by atoms with Crippen LogP contribution in [0.2, 0.25) is 10.0 Å². The fraction of sp³-hybridized carbons (Fsp3) is 0.182. The molecule has 3 rings (SSSR count). The van der Waals surface area contributed by atoms with Gasteiger partial charge in [0.1, 0.15) is 0 Å². The summed E-state index contributed by atoms with van der Waals surface area (Å²) >= 11 is 11.6. The fourth-order valence-corrected chi connectivity index (χ4v) is 3.97. The molecule has 2 heterocycles. The summed E-state index contributed by atoms with van der Waals surface area (Å²) in [5.74, 6) is -0.793. The van der Waals surface area contributed by atoms with Crippen LogP contribution in [0.1, 0.15) is 0 Å². The number of rotatable bonds is 1. The van der Waals surface area contributed by atoms with Gasteiger partial charge in [-0.25, -0.2) is 17.8 Å². The number of aromatic hydroxyl groups is 1. The molecular weight excluding hydrogens is 327 g/mol. The third-order valence-electron chi connectivity index (χ3n) is 3.11. The van der Waals surface area contributed by atoms with Gasteiger partial charge < -0.3 is 5.11 Å². The van der Waals surface area contributed by atoms with Gasteiger partial charge in [-0.15, -0.1) is 0 Å².